The van der Waals surface area contributed by atoms with E-state index in [1.54, 1.807) is 0 Å². The molecule has 1 aromatic rings. The molecule has 0 unspecified atom stereocenters. The summed E-state index contributed by atoms with van der Waals surface area (Å²) in [6.45, 7) is 3.39. The lowest BCUT2D eigenvalue weighted by Crippen LogP contribution is -2.62. The number of rotatable bonds is 1. The first-order valence-corrected chi connectivity index (χ1v) is 5.64. The number of carbonyl (C=O) groups is 4. The van der Waals surface area contributed by atoms with Gasteiger partial charge in [0.05, 0.1) is 5.56 Å². The topological polar surface area (TPSA) is 108 Å². The summed E-state index contributed by atoms with van der Waals surface area (Å²) in [4.78, 5) is 52.4. The number of amides is 4. The molecule has 2 aliphatic rings. The van der Waals surface area contributed by atoms with Gasteiger partial charge in [0.2, 0.25) is 0 Å². The van der Waals surface area contributed by atoms with Crippen molar-refractivity contribution >= 4 is 23.6 Å². The Kier molecular flexibility index (Phi) is 2.40. The van der Waals surface area contributed by atoms with E-state index in [1.165, 1.54) is 18.3 Å². The summed E-state index contributed by atoms with van der Waals surface area (Å²) in [7, 11) is 0. The molecule has 0 spiro atoms. The Balaban J connectivity index is 2.03. The third-order valence-electron chi connectivity index (χ3n) is 2.98. The predicted octanol–water partition coefficient (Wildman–Crippen LogP) is -1.24. The van der Waals surface area contributed by atoms with E-state index in [4.69, 9.17) is 0 Å². The van der Waals surface area contributed by atoms with Crippen molar-refractivity contribution < 1.29 is 19.2 Å². The van der Waals surface area contributed by atoms with Crippen LogP contribution in [0.1, 0.15) is 20.8 Å². The molecule has 20 heavy (non-hydrogen) atoms. The van der Waals surface area contributed by atoms with Crippen LogP contribution in [0.4, 0.5) is 0 Å². The van der Waals surface area contributed by atoms with E-state index < -0.39 is 29.7 Å². The van der Waals surface area contributed by atoms with Gasteiger partial charge in [0.15, 0.2) is 6.04 Å². The summed E-state index contributed by atoms with van der Waals surface area (Å²) < 4.78 is 0. The van der Waals surface area contributed by atoms with Crippen LogP contribution in [0.3, 0.4) is 0 Å². The van der Waals surface area contributed by atoms with Crippen molar-refractivity contribution in [2.45, 2.75) is 6.04 Å². The predicted molar refractivity (Wildman–Crippen MR) is 64.0 cm³/mol. The third kappa shape index (κ3) is 1.51. The first-order valence-electron chi connectivity index (χ1n) is 5.64. The highest BCUT2D eigenvalue weighted by Gasteiger charge is 2.48. The highest BCUT2D eigenvalue weighted by molar-refractivity contribution is 6.25. The minimum atomic E-state index is -1.56. The highest BCUT2D eigenvalue weighted by atomic mass is 16.2. The molecule has 0 bridgehead atoms. The minimum absolute atomic E-state index is 0.00554. The average Bonchev–Trinajstić information content (AvgIpc) is 2.64. The van der Waals surface area contributed by atoms with E-state index in [0.717, 1.165) is 0 Å². The van der Waals surface area contributed by atoms with Crippen LogP contribution < -0.4 is 10.6 Å². The summed E-state index contributed by atoms with van der Waals surface area (Å²) in [6.07, 6.45) is 1.36. The fourth-order valence-corrected chi connectivity index (χ4v) is 2.14. The Morgan fingerprint density at radius 1 is 1.10 bits per heavy atom. The number of aromatic nitrogens is 1. The molecule has 8 heteroatoms. The number of imide groups is 1. The average molecular weight is 272 g/mol. The first-order chi connectivity index (χ1) is 9.50. The number of nitrogens with zero attached hydrogens (tertiary/aromatic N) is 2. The second-order valence-corrected chi connectivity index (χ2v) is 4.24. The van der Waals surface area contributed by atoms with Gasteiger partial charge < -0.3 is 10.6 Å². The lowest BCUT2D eigenvalue weighted by molar-refractivity contribution is -0.136. The second-order valence-electron chi connectivity index (χ2n) is 4.24. The monoisotopic (exact) mass is 272 g/mol. The Morgan fingerprint density at radius 2 is 1.75 bits per heavy atom. The number of pyridine rings is 1. The van der Waals surface area contributed by atoms with Gasteiger partial charge in [-0.05, 0) is 12.1 Å². The van der Waals surface area contributed by atoms with Crippen molar-refractivity contribution in [2.75, 3.05) is 0 Å². The number of nitrogens with one attached hydrogen (secondary N) is 2. The van der Waals surface area contributed by atoms with Crippen molar-refractivity contribution in [2.24, 2.45) is 0 Å². The summed E-state index contributed by atoms with van der Waals surface area (Å²) in [6, 6.07) is 1.35. The van der Waals surface area contributed by atoms with Crippen LogP contribution in [0.15, 0.2) is 30.7 Å². The summed E-state index contributed by atoms with van der Waals surface area (Å²) in [5.41, 5.74) is 0.00463. The van der Waals surface area contributed by atoms with E-state index in [0.29, 0.717) is 4.90 Å². The zero-order valence-electron chi connectivity index (χ0n) is 10.0. The van der Waals surface area contributed by atoms with Crippen molar-refractivity contribution in [3.05, 3.63) is 42.0 Å². The standard InChI is InChI=1S/C12H8N4O4/c1-5-14-9(17)8(10(18)15-5)16-11(19)6-3-2-4-13-7(6)12(16)20/h2-4,8H,1H2,(H,14,17)(H,15,18). The van der Waals surface area contributed by atoms with Gasteiger partial charge in [0.25, 0.3) is 23.6 Å². The molecule has 0 radical (unpaired) electrons. The van der Waals surface area contributed by atoms with E-state index in [1.807, 2.05) is 0 Å². The summed E-state index contributed by atoms with van der Waals surface area (Å²) in [5.74, 6) is -3.05. The van der Waals surface area contributed by atoms with E-state index in [2.05, 4.69) is 22.2 Å². The molecule has 100 valence electrons. The number of hydrogen-bond acceptors (Lipinski definition) is 5. The van der Waals surface area contributed by atoms with Gasteiger partial charge in [-0.2, -0.15) is 0 Å². The van der Waals surface area contributed by atoms with Crippen LogP contribution in [0, 0.1) is 0 Å². The largest absolute Gasteiger partial charge is 0.310 e. The molecule has 0 aromatic carbocycles. The molecule has 0 saturated carbocycles. The summed E-state index contributed by atoms with van der Waals surface area (Å²) in [5, 5.41) is 4.55. The Morgan fingerprint density at radius 3 is 2.35 bits per heavy atom. The molecular weight excluding hydrogens is 264 g/mol. The van der Waals surface area contributed by atoms with Crippen LogP contribution in [0.25, 0.3) is 0 Å². The lowest BCUT2D eigenvalue weighted by Gasteiger charge is -2.28. The van der Waals surface area contributed by atoms with Crippen LogP contribution in [-0.2, 0) is 9.59 Å². The first kappa shape index (κ1) is 12.0. The van der Waals surface area contributed by atoms with E-state index >= 15 is 0 Å². The molecule has 1 aromatic heterocycles. The van der Waals surface area contributed by atoms with Gasteiger partial charge in [0, 0.05) is 6.20 Å². The van der Waals surface area contributed by atoms with Crippen molar-refractivity contribution in [3.8, 4) is 0 Å². The van der Waals surface area contributed by atoms with Crippen LogP contribution in [0.2, 0.25) is 0 Å². The van der Waals surface area contributed by atoms with Crippen molar-refractivity contribution in [1.29, 1.82) is 0 Å². The Labute approximate surface area is 112 Å². The molecule has 1 fully saturated rings. The molecule has 2 N–H and O–H groups in total. The normalized spacial score (nSPS) is 19.0. The SMILES string of the molecule is C=C1NC(=O)C(N2C(=O)c3cccnc3C2=O)C(=O)N1. The van der Waals surface area contributed by atoms with Gasteiger partial charge in [0.1, 0.15) is 11.5 Å². The van der Waals surface area contributed by atoms with Gasteiger partial charge in [-0.1, -0.05) is 6.58 Å². The van der Waals surface area contributed by atoms with E-state index in [9.17, 15) is 19.2 Å². The number of hydrogen-bond donors (Lipinski definition) is 2. The Bertz CT molecular complexity index is 641. The van der Waals surface area contributed by atoms with Crippen LogP contribution >= 0.6 is 0 Å². The molecule has 0 atom stereocenters. The zero-order valence-corrected chi connectivity index (χ0v) is 10.0. The smallest absolute Gasteiger partial charge is 0.281 e. The molecule has 8 nitrogen and oxygen atoms in total. The zero-order chi connectivity index (χ0) is 14.4. The second kappa shape index (κ2) is 3.98. The Hall–Kier alpha value is -3.03. The molecule has 2 aliphatic heterocycles. The molecule has 0 aliphatic carbocycles. The number of carbonyl (C=O) groups excluding carboxylic acids is 4. The molecule has 1 saturated heterocycles. The van der Waals surface area contributed by atoms with Gasteiger partial charge in [-0.3, -0.25) is 29.1 Å². The summed E-state index contributed by atoms with van der Waals surface area (Å²) >= 11 is 0. The molecule has 4 amide bonds. The maximum Gasteiger partial charge on any atom is 0.281 e. The maximum absolute atomic E-state index is 12.2. The van der Waals surface area contributed by atoms with E-state index in [-0.39, 0.29) is 17.1 Å². The fraction of sp³-hybridized carbons (Fsp3) is 0.0833. The van der Waals surface area contributed by atoms with Crippen molar-refractivity contribution in [1.82, 2.24) is 20.5 Å². The van der Waals surface area contributed by atoms with Crippen LogP contribution in [0.5, 0.6) is 0 Å². The lowest BCUT2D eigenvalue weighted by atomic mass is 10.2. The van der Waals surface area contributed by atoms with Crippen LogP contribution in [-0.4, -0.2) is 39.6 Å². The van der Waals surface area contributed by atoms with Gasteiger partial charge in [-0.15, -0.1) is 0 Å². The van der Waals surface area contributed by atoms with Gasteiger partial charge >= 0.3 is 0 Å². The number of fused-ring (bicyclic) bond motifs is 1. The third-order valence-corrected chi connectivity index (χ3v) is 2.98. The highest BCUT2D eigenvalue weighted by Crippen LogP contribution is 2.23. The van der Waals surface area contributed by atoms with Crippen molar-refractivity contribution in [3.63, 3.8) is 0 Å². The molecule has 3 heterocycles. The fourth-order valence-electron chi connectivity index (χ4n) is 2.14. The molecule has 3 rings (SSSR count). The maximum atomic E-state index is 12.2. The minimum Gasteiger partial charge on any atom is -0.310 e. The van der Waals surface area contributed by atoms with Gasteiger partial charge in [-0.25, -0.2) is 0 Å². The molecular formula is C12H8N4O4. The quantitative estimate of drug-likeness (QED) is 0.491.